The number of fused-ring (bicyclic) bond motifs is 5. The van der Waals surface area contributed by atoms with Crippen molar-refractivity contribution in [2.24, 2.45) is 15.7 Å². The van der Waals surface area contributed by atoms with Gasteiger partial charge in [-0.1, -0.05) is 109 Å². The van der Waals surface area contributed by atoms with Crippen LogP contribution in [0.25, 0.3) is 44.7 Å². The Morgan fingerprint density at radius 1 is 0.729 bits per heavy atom. The Labute approximate surface area is 282 Å². The van der Waals surface area contributed by atoms with Crippen molar-refractivity contribution >= 4 is 39.6 Å². The summed E-state index contributed by atoms with van der Waals surface area (Å²) in [5, 5.41) is 2.54. The first-order valence-corrected chi connectivity index (χ1v) is 16.9. The number of aliphatic imine (C=N–C) groups is 2. The quantitative estimate of drug-likeness (QED) is 0.146. The molecule has 0 amide bonds. The van der Waals surface area contributed by atoms with Crippen LogP contribution < -0.4 is 5.73 Å². The molecule has 2 aliphatic carbocycles. The maximum atomic E-state index is 6.76. The second-order valence-electron chi connectivity index (χ2n) is 12.6. The van der Waals surface area contributed by atoms with Crippen LogP contribution in [-0.4, -0.2) is 16.2 Å². The molecular weight excluding hydrogens is 585 g/mol. The van der Waals surface area contributed by atoms with E-state index in [2.05, 4.69) is 151 Å². The molecule has 48 heavy (non-hydrogen) atoms. The molecule has 234 valence electrons. The molecule has 1 heterocycles. The Kier molecular flexibility index (Phi) is 7.91. The lowest BCUT2D eigenvalue weighted by Gasteiger charge is -2.15. The molecule has 2 N–H and O–H groups in total. The van der Waals surface area contributed by atoms with Gasteiger partial charge in [0.15, 0.2) is 5.84 Å². The fourth-order valence-corrected chi connectivity index (χ4v) is 7.01. The lowest BCUT2D eigenvalue weighted by atomic mass is 9.95. The highest BCUT2D eigenvalue weighted by Crippen LogP contribution is 2.37. The molecule has 6 aromatic rings. The molecule has 0 saturated carbocycles. The smallest absolute Gasteiger partial charge is 0.157 e. The summed E-state index contributed by atoms with van der Waals surface area (Å²) in [6, 6.07) is 40.7. The largest absolute Gasteiger partial charge is 0.383 e. The fraction of sp³-hybridized carbons (Fsp3) is 0.136. The van der Waals surface area contributed by atoms with E-state index in [0.29, 0.717) is 11.7 Å². The summed E-state index contributed by atoms with van der Waals surface area (Å²) in [4.78, 5) is 10.1. The van der Waals surface area contributed by atoms with Crippen molar-refractivity contribution < 1.29 is 0 Å². The third-order valence-electron chi connectivity index (χ3n) is 9.52. The van der Waals surface area contributed by atoms with Crippen molar-refractivity contribution in [2.45, 2.75) is 38.6 Å². The predicted octanol–water partition coefficient (Wildman–Crippen LogP) is 10.6. The lowest BCUT2D eigenvalue weighted by molar-refractivity contribution is 0.818. The van der Waals surface area contributed by atoms with Crippen molar-refractivity contribution in [3.8, 4) is 16.8 Å². The number of allylic oxidation sites excluding steroid dienone is 3. The van der Waals surface area contributed by atoms with E-state index in [4.69, 9.17) is 15.7 Å². The van der Waals surface area contributed by atoms with E-state index in [-0.39, 0.29) is 6.04 Å². The summed E-state index contributed by atoms with van der Waals surface area (Å²) in [6.45, 7) is 2.12. The van der Waals surface area contributed by atoms with Gasteiger partial charge in [-0.2, -0.15) is 0 Å². The number of benzene rings is 5. The number of aryl methyl sites for hydroxylation is 1. The van der Waals surface area contributed by atoms with Crippen LogP contribution in [0, 0.1) is 0 Å². The van der Waals surface area contributed by atoms with Crippen molar-refractivity contribution in [3.05, 3.63) is 167 Å². The molecule has 0 bridgehead atoms. The summed E-state index contributed by atoms with van der Waals surface area (Å²) in [5.41, 5.74) is 18.4. The molecule has 0 fully saturated rings. The Morgan fingerprint density at radius 2 is 1.52 bits per heavy atom. The summed E-state index contributed by atoms with van der Waals surface area (Å²) < 4.78 is 2.39. The molecule has 0 radical (unpaired) electrons. The molecule has 0 spiro atoms. The van der Waals surface area contributed by atoms with Crippen molar-refractivity contribution in [3.63, 3.8) is 0 Å². The standard InChI is InChI=1S/C44H38N4/c1-30(35-18-12-19-36(29-35)31-13-4-2-5-14-31)46-44(34-16-6-3-7-17-34)47-43(45)33-23-26-37(27-24-33)48-41-22-11-10-21-39(41)40-28-25-32-15-8-9-20-38(32)42(40)48/h2,4-6,9-14,16-30H,3,7-8,15H2,1H3,(H2,45,46,47). The van der Waals surface area contributed by atoms with Gasteiger partial charge < -0.3 is 10.3 Å². The van der Waals surface area contributed by atoms with Crippen LogP contribution in [0.15, 0.2) is 155 Å². The number of hydrogen-bond acceptors (Lipinski definition) is 1. The van der Waals surface area contributed by atoms with E-state index in [9.17, 15) is 0 Å². The van der Waals surface area contributed by atoms with Crippen LogP contribution in [0.3, 0.4) is 0 Å². The van der Waals surface area contributed by atoms with Gasteiger partial charge in [-0.05, 0) is 91.3 Å². The highest BCUT2D eigenvalue weighted by molar-refractivity contribution is 6.13. The maximum absolute atomic E-state index is 6.76. The highest BCUT2D eigenvalue weighted by atomic mass is 15.0. The minimum absolute atomic E-state index is 0.103. The minimum Gasteiger partial charge on any atom is -0.383 e. The first-order chi connectivity index (χ1) is 23.6. The molecule has 0 saturated heterocycles. The van der Waals surface area contributed by atoms with Crippen LogP contribution in [0.5, 0.6) is 0 Å². The van der Waals surface area contributed by atoms with Gasteiger partial charge in [-0.15, -0.1) is 0 Å². The summed E-state index contributed by atoms with van der Waals surface area (Å²) >= 11 is 0. The van der Waals surface area contributed by atoms with Crippen LogP contribution in [-0.2, 0) is 6.42 Å². The molecule has 1 unspecified atom stereocenters. The minimum atomic E-state index is -0.103. The van der Waals surface area contributed by atoms with Gasteiger partial charge in [-0.3, -0.25) is 4.99 Å². The van der Waals surface area contributed by atoms with E-state index in [1.54, 1.807) is 0 Å². The zero-order chi connectivity index (χ0) is 32.5. The molecular formula is C44H38N4. The third kappa shape index (κ3) is 5.60. The topological polar surface area (TPSA) is 55.7 Å². The van der Waals surface area contributed by atoms with Gasteiger partial charge in [0.25, 0.3) is 0 Å². The number of rotatable bonds is 6. The van der Waals surface area contributed by atoms with E-state index in [1.165, 1.54) is 44.1 Å². The first-order valence-electron chi connectivity index (χ1n) is 16.9. The highest BCUT2D eigenvalue weighted by Gasteiger charge is 2.18. The van der Waals surface area contributed by atoms with Gasteiger partial charge in [-0.25, -0.2) is 4.99 Å². The molecule has 8 rings (SSSR count). The normalized spacial score (nSPS) is 15.5. The summed E-state index contributed by atoms with van der Waals surface area (Å²) in [5.74, 6) is 1.11. The van der Waals surface area contributed by atoms with Gasteiger partial charge in [0, 0.05) is 33.2 Å². The van der Waals surface area contributed by atoms with Gasteiger partial charge >= 0.3 is 0 Å². The second-order valence-corrected chi connectivity index (χ2v) is 12.6. The third-order valence-corrected chi connectivity index (χ3v) is 9.52. The summed E-state index contributed by atoms with van der Waals surface area (Å²) in [7, 11) is 0. The maximum Gasteiger partial charge on any atom is 0.157 e. The molecule has 1 atom stereocenters. The van der Waals surface area contributed by atoms with Crippen molar-refractivity contribution in [1.29, 1.82) is 0 Å². The molecule has 4 nitrogen and oxygen atoms in total. The monoisotopic (exact) mass is 622 g/mol. The van der Waals surface area contributed by atoms with Crippen LogP contribution in [0.4, 0.5) is 0 Å². The number of hydrogen-bond donors (Lipinski definition) is 1. The SMILES string of the molecule is CC(/N=C(\N=C(/N)c1ccc(-n2c3ccccc3c3ccc4c(c32)C=CCC4)cc1)C1=CCCC=C1)c1cccc(-c2ccccc2)c1. The van der Waals surface area contributed by atoms with Crippen molar-refractivity contribution in [2.75, 3.05) is 0 Å². The average molecular weight is 623 g/mol. The lowest BCUT2D eigenvalue weighted by Crippen LogP contribution is -2.17. The van der Waals surface area contributed by atoms with Gasteiger partial charge in [0.1, 0.15) is 5.84 Å². The average Bonchev–Trinajstić information content (AvgIpc) is 3.50. The Hall–Kier alpha value is -5.74. The van der Waals surface area contributed by atoms with Crippen molar-refractivity contribution in [1.82, 2.24) is 4.57 Å². The second kappa shape index (κ2) is 12.8. The zero-order valence-corrected chi connectivity index (χ0v) is 27.2. The Morgan fingerprint density at radius 3 is 2.35 bits per heavy atom. The number of amidine groups is 2. The number of aromatic nitrogens is 1. The number of para-hydroxylation sites is 1. The number of nitrogens with two attached hydrogens (primary N) is 1. The van der Waals surface area contributed by atoms with Crippen LogP contribution in [0.1, 0.15) is 54.5 Å². The van der Waals surface area contributed by atoms with Gasteiger partial charge in [0.2, 0.25) is 0 Å². The van der Waals surface area contributed by atoms with E-state index >= 15 is 0 Å². The van der Waals surface area contributed by atoms with E-state index < -0.39 is 0 Å². The van der Waals surface area contributed by atoms with Crippen LogP contribution >= 0.6 is 0 Å². The molecule has 0 aliphatic heterocycles. The Bertz CT molecular complexity index is 2300. The molecule has 1 aromatic heterocycles. The van der Waals surface area contributed by atoms with Crippen LogP contribution in [0.2, 0.25) is 0 Å². The first kappa shape index (κ1) is 29.6. The number of nitrogens with zero attached hydrogens (tertiary/aromatic N) is 3. The molecule has 5 aromatic carbocycles. The Balaban J connectivity index is 1.16. The van der Waals surface area contributed by atoms with Gasteiger partial charge in [0.05, 0.1) is 17.1 Å². The van der Waals surface area contributed by atoms with E-state index in [1.807, 2.05) is 6.07 Å². The fourth-order valence-electron chi connectivity index (χ4n) is 7.01. The zero-order valence-electron chi connectivity index (χ0n) is 27.2. The predicted molar refractivity (Wildman–Crippen MR) is 203 cm³/mol. The summed E-state index contributed by atoms with van der Waals surface area (Å²) in [6.07, 6.45) is 15.2. The molecule has 4 heteroatoms. The molecule has 2 aliphatic rings. The van der Waals surface area contributed by atoms with E-state index in [0.717, 1.165) is 48.1 Å².